The first-order chi connectivity index (χ1) is 9.24. The monoisotopic (exact) mass is 273 g/mol. The molecule has 3 aromatic heterocycles. The molecule has 3 aromatic rings. The van der Waals surface area contributed by atoms with E-state index in [-0.39, 0.29) is 5.56 Å². The molecule has 0 aliphatic rings. The summed E-state index contributed by atoms with van der Waals surface area (Å²) >= 11 is 1.53. The van der Waals surface area contributed by atoms with Crippen LogP contribution >= 0.6 is 11.8 Å². The first-order valence-electron chi connectivity index (χ1n) is 5.72. The second kappa shape index (κ2) is 4.85. The number of thioether (sulfide) groups is 1. The Morgan fingerprint density at radius 1 is 1.37 bits per heavy atom. The summed E-state index contributed by atoms with van der Waals surface area (Å²) in [5, 5.41) is 8.80. The Bertz CT molecular complexity index is 765. The van der Waals surface area contributed by atoms with Crippen LogP contribution in [0.1, 0.15) is 11.4 Å². The highest BCUT2D eigenvalue weighted by atomic mass is 32.2. The lowest BCUT2D eigenvalue weighted by atomic mass is 10.4. The summed E-state index contributed by atoms with van der Waals surface area (Å²) in [6.07, 6.45) is 1.76. The minimum Gasteiger partial charge on any atom is -0.291 e. The van der Waals surface area contributed by atoms with Crippen LogP contribution in [0.3, 0.4) is 0 Å². The smallest absolute Gasteiger partial charge is 0.252 e. The van der Waals surface area contributed by atoms with Crippen molar-refractivity contribution in [2.24, 2.45) is 0 Å². The zero-order valence-corrected chi connectivity index (χ0v) is 11.0. The SMILES string of the molecule is Cc1cc(=O)[nH]c2nnc(SCc3ccccn3)n12. The summed E-state index contributed by atoms with van der Waals surface area (Å²) in [7, 11) is 0. The summed E-state index contributed by atoms with van der Waals surface area (Å²) in [4.78, 5) is 18.3. The average Bonchev–Trinajstić information content (AvgIpc) is 2.81. The van der Waals surface area contributed by atoms with Gasteiger partial charge in [-0.15, -0.1) is 10.2 Å². The van der Waals surface area contributed by atoms with Gasteiger partial charge in [0.1, 0.15) is 0 Å². The molecule has 0 spiro atoms. The van der Waals surface area contributed by atoms with E-state index in [1.165, 1.54) is 17.8 Å². The normalized spacial score (nSPS) is 11.0. The summed E-state index contributed by atoms with van der Waals surface area (Å²) in [6.45, 7) is 1.86. The summed E-state index contributed by atoms with van der Waals surface area (Å²) in [5.74, 6) is 1.17. The topological polar surface area (TPSA) is 75.9 Å². The Morgan fingerprint density at radius 3 is 3.05 bits per heavy atom. The van der Waals surface area contributed by atoms with Crippen molar-refractivity contribution in [2.45, 2.75) is 17.8 Å². The Morgan fingerprint density at radius 2 is 2.26 bits per heavy atom. The molecule has 0 fully saturated rings. The van der Waals surface area contributed by atoms with Crippen LogP contribution in [0.4, 0.5) is 0 Å². The van der Waals surface area contributed by atoms with Gasteiger partial charge in [0.15, 0.2) is 5.16 Å². The number of nitrogens with one attached hydrogen (secondary N) is 1. The molecule has 0 amide bonds. The number of nitrogens with zero attached hydrogens (tertiary/aromatic N) is 4. The van der Waals surface area contributed by atoms with Crippen molar-refractivity contribution in [1.29, 1.82) is 0 Å². The molecule has 0 aliphatic carbocycles. The molecule has 7 heteroatoms. The molecule has 0 aromatic carbocycles. The van der Waals surface area contributed by atoms with Crippen LogP contribution in [-0.2, 0) is 5.75 Å². The van der Waals surface area contributed by atoms with Gasteiger partial charge in [0.2, 0.25) is 5.78 Å². The molecule has 3 heterocycles. The van der Waals surface area contributed by atoms with Gasteiger partial charge >= 0.3 is 0 Å². The van der Waals surface area contributed by atoms with Gasteiger partial charge in [-0.05, 0) is 19.1 Å². The van der Waals surface area contributed by atoms with Crippen LogP contribution in [0.2, 0.25) is 0 Å². The van der Waals surface area contributed by atoms with Gasteiger partial charge in [0.05, 0.1) is 5.69 Å². The number of hydrogen-bond acceptors (Lipinski definition) is 5. The first kappa shape index (κ1) is 11.9. The number of aryl methyl sites for hydroxylation is 1. The minimum absolute atomic E-state index is 0.168. The van der Waals surface area contributed by atoms with Crippen molar-refractivity contribution in [3.8, 4) is 0 Å². The highest BCUT2D eigenvalue weighted by molar-refractivity contribution is 7.98. The molecule has 3 rings (SSSR count). The van der Waals surface area contributed by atoms with Crippen molar-refractivity contribution >= 4 is 17.5 Å². The lowest BCUT2D eigenvalue weighted by molar-refractivity contribution is 0.885. The maximum absolute atomic E-state index is 11.3. The first-order valence-corrected chi connectivity index (χ1v) is 6.70. The van der Waals surface area contributed by atoms with E-state index in [2.05, 4.69) is 20.2 Å². The Labute approximate surface area is 112 Å². The molecule has 0 unspecified atom stereocenters. The van der Waals surface area contributed by atoms with Gasteiger partial charge in [-0.2, -0.15) is 0 Å². The quantitative estimate of drug-likeness (QED) is 0.730. The fourth-order valence-electron chi connectivity index (χ4n) is 1.78. The molecule has 1 N–H and O–H groups in total. The molecular formula is C12H11N5OS. The predicted octanol–water partition coefficient (Wildman–Crippen LogP) is 1.41. The third kappa shape index (κ3) is 2.37. The third-order valence-electron chi connectivity index (χ3n) is 2.64. The van der Waals surface area contributed by atoms with Gasteiger partial charge in [-0.3, -0.25) is 19.2 Å². The van der Waals surface area contributed by atoms with Gasteiger partial charge in [0, 0.05) is 23.7 Å². The van der Waals surface area contributed by atoms with Crippen LogP contribution in [0.5, 0.6) is 0 Å². The Hall–Kier alpha value is -2.15. The number of hydrogen-bond donors (Lipinski definition) is 1. The van der Waals surface area contributed by atoms with E-state index in [1.807, 2.05) is 29.5 Å². The summed E-state index contributed by atoms with van der Waals surface area (Å²) in [5.41, 5.74) is 1.62. The number of fused-ring (bicyclic) bond motifs is 1. The van der Waals surface area contributed by atoms with Gasteiger partial charge in [-0.1, -0.05) is 17.8 Å². The molecule has 0 saturated heterocycles. The zero-order chi connectivity index (χ0) is 13.2. The lowest BCUT2D eigenvalue weighted by Gasteiger charge is -2.02. The van der Waals surface area contributed by atoms with E-state index in [9.17, 15) is 4.79 Å². The van der Waals surface area contributed by atoms with Crippen molar-refractivity contribution in [1.82, 2.24) is 24.6 Å². The molecule has 6 nitrogen and oxygen atoms in total. The Kier molecular flexibility index (Phi) is 3.04. The second-order valence-corrected chi connectivity index (χ2v) is 4.97. The van der Waals surface area contributed by atoms with Crippen molar-refractivity contribution < 1.29 is 0 Å². The van der Waals surface area contributed by atoms with Crippen molar-refractivity contribution in [3.63, 3.8) is 0 Å². The maximum Gasteiger partial charge on any atom is 0.252 e. The standard InChI is InChI=1S/C12H11N5OS/c1-8-6-10(18)14-11-15-16-12(17(8)11)19-7-9-4-2-3-5-13-9/h2-6H,7H2,1H3,(H,14,15,18). The van der Waals surface area contributed by atoms with Crippen LogP contribution < -0.4 is 5.56 Å². The Balaban J connectivity index is 1.92. The highest BCUT2D eigenvalue weighted by Crippen LogP contribution is 2.20. The highest BCUT2D eigenvalue weighted by Gasteiger charge is 2.09. The second-order valence-electron chi connectivity index (χ2n) is 4.03. The molecular weight excluding hydrogens is 262 g/mol. The van der Waals surface area contributed by atoms with Gasteiger partial charge in [-0.25, -0.2) is 0 Å². The van der Waals surface area contributed by atoms with Crippen LogP contribution in [0.25, 0.3) is 5.78 Å². The van der Waals surface area contributed by atoms with Crippen LogP contribution in [0, 0.1) is 6.92 Å². The van der Waals surface area contributed by atoms with Crippen molar-refractivity contribution in [2.75, 3.05) is 0 Å². The van der Waals surface area contributed by atoms with Gasteiger partial charge < -0.3 is 0 Å². The van der Waals surface area contributed by atoms with Gasteiger partial charge in [0.25, 0.3) is 5.56 Å². The largest absolute Gasteiger partial charge is 0.291 e. The molecule has 0 aliphatic heterocycles. The fraction of sp³-hybridized carbons (Fsp3) is 0.167. The van der Waals surface area contributed by atoms with E-state index < -0.39 is 0 Å². The fourth-order valence-corrected chi connectivity index (χ4v) is 2.69. The number of pyridine rings is 1. The predicted molar refractivity (Wildman–Crippen MR) is 72.1 cm³/mol. The molecule has 0 radical (unpaired) electrons. The number of aromatic amines is 1. The van der Waals surface area contributed by atoms with E-state index in [1.54, 1.807) is 6.20 Å². The van der Waals surface area contributed by atoms with E-state index in [0.29, 0.717) is 11.5 Å². The summed E-state index contributed by atoms with van der Waals surface area (Å²) in [6, 6.07) is 7.33. The molecule has 96 valence electrons. The number of rotatable bonds is 3. The molecule has 19 heavy (non-hydrogen) atoms. The van der Waals surface area contributed by atoms with E-state index in [4.69, 9.17) is 0 Å². The maximum atomic E-state index is 11.3. The molecule has 0 bridgehead atoms. The van der Waals surface area contributed by atoms with E-state index >= 15 is 0 Å². The van der Waals surface area contributed by atoms with Crippen LogP contribution in [-0.4, -0.2) is 24.6 Å². The van der Waals surface area contributed by atoms with E-state index in [0.717, 1.165) is 16.5 Å². The number of aromatic nitrogens is 5. The number of H-pyrrole nitrogens is 1. The minimum atomic E-state index is -0.168. The average molecular weight is 273 g/mol. The molecule has 0 saturated carbocycles. The third-order valence-corrected chi connectivity index (χ3v) is 3.60. The van der Waals surface area contributed by atoms with Crippen molar-refractivity contribution in [3.05, 3.63) is 52.2 Å². The summed E-state index contributed by atoms with van der Waals surface area (Å²) < 4.78 is 1.83. The van der Waals surface area contributed by atoms with Crippen LogP contribution in [0.15, 0.2) is 40.4 Å². The zero-order valence-electron chi connectivity index (χ0n) is 10.2. The molecule has 0 atom stereocenters. The lowest BCUT2D eigenvalue weighted by Crippen LogP contribution is -2.09.